The minimum absolute atomic E-state index is 0.0426. The standard InChI is InChI=1S/C15H20F2N2O/c16-15(17)19-8-2-5-13(19)14(20)18-9-11-7-6-10-3-1-4-12(10)11/h2,5,8,10-12,15H,1,3-4,6-7,9H2,(H,18,20)/t10-,11+,12-/m0/s1. The molecule has 20 heavy (non-hydrogen) atoms. The number of hydrogen-bond donors (Lipinski definition) is 1. The van der Waals surface area contributed by atoms with Crippen LogP contribution in [-0.2, 0) is 0 Å². The zero-order valence-corrected chi connectivity index (χ0v) is 11.4. The molecule has 2 aliphatic carbocycles. The number of nitrogens with zero attached hydrogens (tertiary/aromatic N) is 1. The minimum atomic E-state index is -2.67. The van der Waals surface area contributed by atoms with Crippen LogP contribution in [0.15, 0.2) is 18.3 Å². The Morgan fingerprint density at radius 1 is 1.35 bits per heavy atom. The number of fused-ring (bicyclic) bond motifs is 1. The van der Waals surface area contributed by atoms with Crippen LogP contribution in [0.4, 0.5) is 8.78 Å². The Balaban J connectivity index is 1.58. The molecule has 0 bridgehead atoms. The molecule has 1 amide bonds. The van der Waals surface area contributed by atoms with Gasteiger partial charge in [-0.3, -0.25) is 9.36 Å². The van der Waals surface area contributed by atoms with Gasteiger partial charge in [-0.1, -0.05) is 12.8 Å². The third-order valence-electron chi connectivity index (χ3n) is 4.98. The van der Waals surface area contributed by atoms with Crippen molar-refractivity contribution in [3.63, 3.8) is 0 Å². The Hall–Kier alpha value is -1.39. The summed E-state index contributed by atoms with van der Waals surface area (Å²) in [6.45, 7) is -2.05. The van der Waals surface area contributed by atoms with E-state index in [9.17, 15) is 13.6 Å². The number of aromatic nitrogens is 1. The number of rotatable bonds is 4. The van der Waals surface area contributed by atoms with Gasteiger partial charge in [0.25, 0.3) is 5.91 Å². The van der Waals surface area contributed by atoms with E-state index < -0.39 is 12.5 Å². The molecule has 3 nitrogen and oxygen atoms in total. The van der Waals surface area contributed by atoms with Crippen molar-refractivity contribution >= 4 is 5.91 Å². The molecule has 2 aliphatic rings. The Kier molecular flexibility index (Phi) is 3.76. The van der Waals surface area contributed by atoms with Crippen LogP contribution < -0.4 is 5.32 Å². The number of carbonyl (C=O) groups excluding carboxylic acids is 1. The summed E-state index contributed by atoms with van der Waals surface area (Å²) < 4.78 is 26.2. The molecule has 1 aromatic rings. The van der Waals surface area contributed by atoms with E-state index in [1.807, 2.05) is 0 Å². The Morgan fingerprint density at radius 2 is 2.20 bits per heavy atom. The van der Waals surface area contributed by atoms with Crippen LogP contribution >= 0.6 is 0 Å². The molecule has 2 fully saturated rings. The van der Waals surface area contributed by atoms with E-state index in [4.69, 9.17) is 0 Å². The smallest absolute Gasteiger partial charge is 0.319 e. The van der Waals surface area contributed by atoms with E-state index in [1.54, 1.807) is 0 Å². The second-order valence-corrected chi connectivity index (χ2v) is 5.98. The maximum Gasteiger partial charge on any atom is 0.319 e. The molecular weight excluding hydrogens is 262 g/mol. The highest BCUT2D eigenvalue weighted by Gasteiger charge is 2.38. The first-order valence-corrected chi connectivity index (χ1v) is 7.40. The fourth-order valence-corrected chi connectivity index (χ4v) is 4.01. The van der Waals surface area contributed by atoms with Gasteiger partial charge in [0.1, 0.15) is 5.69 Å². The van der Waals surface area contributed by atoms with Gasteiger partial charge in [0, 0.05) is 12.7 Å². The van der Waals surface area contributed by atoms with Gasteiger partial charge >= 0.3 is 6.55 Å². The van der Waals surface area contributed by atoms with Crippen LogP contribution in [0.3, 0.4) is 0 Å². The predicted molar refractivity (Wildman–Crippen MR) is 71.6 cm³/mol. The summed E-state index contributed by atoms with van der Waals surface area (Å²) >= 11 is 0. The second kappa shape index (κ2) is 5.54. The third kappa shape index (κ3) is 2.45. The van der Waals surface area contributed by atoms with E-state index in [1.165, 1.54) is 44.0 Å². The lowest BCUT2D eigenvalue weighted by Crippen LogP contribution is -2.32. The predicted octanol–water partition coefficient (Wildman–Crippen LogP) is 3.44. The molecule has 5 heteroatoms. The number of halogens is 2. The molecule has 0 aromatic carbocycles. The van der Waals surface area contributed by atoms with Crippen molar-refractivity contribution in [2.24, 2.45) is 17.8 Å². The van der Waals surface area contributed by atoms with Crippen LogP contribution in [0, 0.1) is 17.8 Å². The fourth-order valence-electron chi connectivity index (χ4n) is 4.01. The lowest BCUT2D eigenvalue weighted by atomic mass is 9.92. The van der Waals surface area contributed by atoms with Crippen molar-refractivity contribution < 1.29 is 13.6 Å². The maximum atomic E-state index is 12.7. The lowest BCUT2D eigenvalue weighted by molar-refractivity contribution is 0.0633. The van der Waals surface area contributed by atoms with E-state index in [0.29, 0.717) is 17.0 Å². The van der Waals surface area contributed by atoms with Crippen LogP contribution in [0.5, 0.6) is 0 Å². The summed E-state index contributed by atoms with van der Waals surface area (Å²) in [5.74, 6) is 1.71. The van der Waals surface area contributed by atoms with Crippen molar-refractivity contribution in [2.75, 3.05) is 6.54 Å². The summed E-state index contributed by atoms with van der Waals surface area (Å²) in [6, 6.07) is 2.91. The summed E-state index contributed by atoms with van der Waals surface area (Å²) in [4.78, 5) is 12.0. The molecule has 110 valence electrons. The van der Waals surface area contributed by atoms with Crippen LogP contribution in [0.2, 0.25) is 0 Å². The molecule has 2 saturated carbocycles. The van der Waals surface area contributed by atoms with Gasteiger partial charge < -0.3 is 5.32 Å². The zero-order valence-electron chi connectivity index (χ0n) is 11.4. The normalized spacial score (nSPS) is 28.9. The molecule has 0 saturated heterocycles. The van der Waals surface area contributed by atoms with Crippen molar-refractivity contribution in [1.82, 2.24) is 9.88 Å². The number of carbonyl (C=O) groups is 1. The first-order valence-electron chi connectivity index (χ1n) is 7.40. The highest BCUT2D eigenvalue weighted by Crippen LogP contribution is 2.47. The maximum absolute atomic E-state index is 12.7. The molecule has 3 rings (SSSR count). The Morgan fingerprint density at radius 3 is 3.00 bits per heavy atom. The van der Waals surface area contributed by atoms with E-state index in [0.717, 1.165) is 18.3 Å². The van der Waals surface area contributed by atoms with E-state index >= 15 is 0 Å². The number of hydrogen-bond acceptors (Lipinski definition) is 1. The van der Waals surface area contributed by atoms with Gasteiger partial charge in [-0.25, -0.2) is 0 Å². The summed E-state index contributed by atoms with van der Waals surface area (Å²) in [5, 5.41) is 2.84. The van der Waals surface area contributed by atoms with Crippen molar-refractivity contribution in [1.29, 1.82) is 0 Å². The van der Waals surface area contributed by atoms with Crippen LogP contribution in [-0.4, -0.2) is 17.0 Å². The van der Waals surface area contributed by atoms with Gasteiger partial charge in [-0.05, 0) is 49.1 Å². The number of nitrogens with one attached hydrogen (secondary N) is 1. The monoisotopic (exact) mass is 282 g/mol. The Bertz CT molecular complexity index is 486. The van der Waals surface area contributed by atoms with Crippen molar-refractivity contribution in [2.45, 2.75) is 38.7 Å². The molecule has 0 spiro atoms. The topological polar surface area (TPSA) is 34.0 Å². The highest BCUT2D eigenvalue weighted by atomic mass is 19.3. The molecule has 1 N–H and O–H groups in total. The van der Waals surface area contributed by atoms with Gasteiger partial charge in [0.15, 0.2) is 0 Å². The summed E-state index contributed by atoms with van der Waals surface area (Å²) in [6.07, 6.45) is 7.54. The number of alkyl halides is 2. The highest BCUT2D eigenvalue weighted by molar-refractivity contribution is 5.92. The molecule has 0 aliphatic heterocycles. The van der Waals surface area contributed by atoms with Gasteiger partial charge in [-0.15, -0.1) is 0 Å². The molecule has 0 radical (unpaired) electrons. The van der Waals surface area contributed by atoms with Gasteiger partial charge in [0.2, 0.25) is 0 Å². The third-order valence-corrected chi connectivity index (χ3v) is 4.98. The summed E-state index contributed by atoms with van der Waals surface area (Å²) in [5.41, 5.74) is 0.0426. The second-order valence-electron chi connectivity index (χ2n) is 5.98. The number of amides is 1. The molecule has 0 unspecified atom stereocenters. The molecule has 1 heterocycles. The van der Waals surface area contributed by atoms with E-state index in [-0.39, 0.29) is 5.69 Å². The molecule has 3 atom stereocenters. The zero-order chi connectivity index (χ0) is 14.1. The average Bonchev–Trinajstić information content (AvgIpc) is 3.12. The van der Waals surface area contributed by atoms with Gasteiger partial charge in [0.05, 0.1) is 0 Å². The largest absolute Gasteiger partial charge is 0.350 e. The van der Waals surface area contributed by atoms with Crippen molar-refractivity contribution in [3.8, 4) is 0 Å². The first-order chi connectivity index (χ1) is 9.66. The molecule has 1 aromatic heterocycles. The Labute approximate surface area is 117 Å². The fraction of sp³-hybridized carbons (Fsp3) is 0.667. The van der Waals surface area contributed by atoms with Crippen LogP contribution in [0.25, 0.3) is 0 Å². The first kappa shape index (κ1) is 13.6. The van der Waals surface area contributed by atoms with Crippen LogP contribution in [0.1, 0.15) is 49.1 Å². The van der Waals surface area contributed by atoms with Crippen molar-refractivity contribution in [3.05, 3.63) is 24.0 Å². The molecular formula is C15H20F2N2O. The lowest BCUT2D eigenvalue weighted by Gasteiger charge is -2.19. The summed E-state index contributed by atoms with van der Waals surface area (Å²) in [7, 11) is 0. The van der Waals surface area contributed by atoms with E-state index in [2.05, 4.69) is 5.32 Å². The van der Waals surface area contributed by atoms with Gasteiger partial charge in [-0.2, -0.15) is 8.78 Å². The SMILES string of the molecule is O=C(NC[C@H]1CC[C@@H]2CCC[C@@H]21)c1cccn1C(F)F. The quantitative estimate of drug-likeness (QED) is 0.902. The average molecular weight is 282 g/mol. The minimum Gasteiger partial charge on any atom is -0.350 e.